The monoisotopic (exact) mass is 171 g/mol. The van der Waals surface area contributed by atoms with Crippen molar-refractivity contribution < 1.29 is 14.8 Å². The summed E-state index contributed by atoms with van der Waals surface area (Å²) in [5.74, 6) is 0. The number of rotatable bonds is 2. The molecule has 0 saturated carbocycles. The van der Waals surface area contributed by atoms with Crippen molar-refractivity contribution in [3.63, 3.8) is 0 Å². The molecule has 0 heterocycles. The zero-order chi connectivity index (χ0) is 8.27. The fourth-order valence-electron chi connectivity index (χ4n) is 0.708. The molecule has 0 aliphatic carbocycles. The summed E-state index contributed by atoms with van der Waals surface area (Å²) in [6, 6.07) is 6.61. The second-order valence-corrected chi connectivity index (χ2v) is 3.64. The molecule has 0 bridgehead atoms. The quantitative estimate of drug-likeness (QED) is 0.500. The van der Waals surface area contributed by atoms with Crippen LogP contribution in [0.3, 0.4) is 0 Å². The van der Waals surface area contributed by atoms with Crippen LogP contribution in [0.2, 0.25) is 0 Å². The van der Waals surface area contributed by atoms with E-state index in [4.69, 9.17) is 10.2 Å². The Kier molecular flexibility index (Phi) is 2.71. The molecule has 0 saturated heterocycles. The summed E-state index contributed by atoms with van der Waals surface area (Å²) < 4.78 is 11.0. The van der Waals surface area contributed by atoms with E-state index in [1.54, 1.807) is 30.3 Å². The molecule has 0 radical (unpaired) electrons. The van der Waals surface area contributed by atoms with Crippen LogP contribution >= 0.6 is 7.80 Å². The van der Waals surface area contributed by atoms with Gasteiger partial charge in [-0.15, -0.1) is 0 Å². The number of benzene rings is 1. The zero-order valence-electron chi connectivity index (χ0n) is 5.71. The lowest BCUT2D eigenvalue weighted by Crippen LogP contribution is -2.06. The lowest BCUT2D eigenvalue weighted by Gasteiger charge is -1.88. The molecule has 11 heavy (non-hydrogen) atoms. The Morgan fingerprint density at radius 1 is 1.18 bits per heavy atom. The standard InChI is InChI=1S/C7H8O3P/c8-7(9)11(10)6-4-2-1-3-5-6/h1-5,7-9H/q+1. The average molecular weight is 171 g/mol. The van der Waals surface area contributed by atoms with Gasteiger partial charge in [0, 0.05) is 0 Å². The molecule has 0 fully saturated rings. The van der Waals surface area contributed by atoms with Gasteiger partial charge in [0.15, 0.2) is 5.30 Å². The van der Waals surface area contributed by atoms with E-state index < -0.39 is 13.8 Å². The molecule has 0 spiro atoms. The van der Waals surface area contributed by atoms with Crippen molar-refractivity contribution in [2.45, 2.75) is 6.03 Å². The molecule has 1 aromatic rings. The third-order valence-corrected chi connectivity index (χ3v) is 2.45. The second kappa shape index (κ2) is 3.58. The fraction of sp³-hybridized carbons (Fsp3) is 0.143. The van der Waals surface area contributed by atoms with E-state index in [9.17, 15) is 4.57 Å². The zero-order valence-corrected chi connectivity index (χ0v) is 6.61. The van der Waals surface area contributed by atoms with E-state index in [1.165, 1.54) is 0 Å². The van der Waals surface area contributed by atoms with Crippen molar-refractivity contribution in [2.24, 2.45) is 0 Å². The maximum Gasteiger partial charge on any atom is 0.439 e. The molecule has 4 heteroatoms. The Morgan fingerprint density at radius 2 is 1.73 bits per heavy atom. The van der Waals surface area contributed by atoms with E-state index in [2.05, 4.69) is 0 Å². The SMILES string of the molecule is O=[P+](c1ccccc1)C(O)O. The fourth-order valence-corrected chi connectivity index (χ4v) is 1.44. The van der Waals surface area contributed by atoms with Gasteiger partial charge in [-0.3, -0.25) is 0 Å². The summed E-state index contributed by atoms with van der Waals surface area (Å²) in [6.07, 6.45) is 0. The van der Waals surface area contributed by atoms with Crippen molar-refractivity contribution >= 4 is 13.1 Å². The van der Waals surface area contributed by atoms with E-state index in [0.717, 1.165) is 0 Å². The molecule has 1 aromatic carbocycles. The molecule has 1 rings (SSSR count). The van der Waals surface area contributed by atoms with Gasteiger partial charge in [-0.25, -0.2) is 0 Å². The first-order valence-corrected chi connectivity index (χ1v) is 4.42. The van der Waals surface area contributed by atoms with Gasteiger partial charge >= 0.3 is 13.8 Å². The second-order valence-electron chi connectivity index (χ2n) is 2.01. The van der Waals surface area contributed by atoms with Gasteiger partial charge in [0.1, 0.15) is 0 Å². The number of hydrogen-bond acceptors (Lipinski definition) is 3. The summed E-state index contributed by atoms with van der Waals surface area (Å²) in [5, 5.41) is 17.5. The van der Waals surface area contributed by atoms with Crippen molar-refractivity contribution in [1.82, 2.24) is 0 Å². The number of aliphatic hydroxyl groups is 2. The Morgan fingerprint density at radius 3 is 2.18 bits per heavy atom. The van der Waals surface area contributed by atoms with Crippen molar-refractivity contribution in [2.75, 3.05) is 0 Å². The molecule has 58 valence electrons. The molecule has 0 amide bonds. The van der Waals surface area contributed by atoms with Crippen LogP contribution in [-0.4, -0.2) is 16.2 Å². The normalized spacial score (nSPS) is 11.7. The minimum absolute atomic E-state index is 0.456. The van der Waals surface area contributed by atoms with Gasteiger partial charge < -0.3 is 10.2 Å². The molecular formula is C7H8O3P+. The maximum absolute atomic E-state index is 11.0. The van der Waals surface area contributed by atoms with Gasteiger partial charge in [0.05, 0.1) is 0 Å². The first-order valence-electron chi connectivity index (χ1n) is 3.09. The average Bonchev–Trinajstić information content (AvgIpc) is 2.05. The summed E-state index contributed by atoms with van der Waals surface area (Å²) in [4.78, 5) is 0. The number of aliphatic hydroxyl groups excluding tert-OH is 1. The van der Waals surface area contributed by atoms with E-state index in [1.807, 2.05) is 0 Å². The van der Waals surface area contributed by atoms with Gasteiger partial charge in [-0.2, -0.15) is 0 Å². The first kappa shape index (κ1) is 8.34. The van der Waals surface area contributed by atoms with Crippen LogP contribution in [0.5, 0.6) is 0 Å². The van der Waals surface area contributed by atoms with Crippen LogP contribution < -0.4 is 5.30 Å². The Balaban J connectivity index is 2.86. The molecule has 0 aliphatic heterocycles. The predicted molar refractivity (Wildman–Crippen MR) is 41.9 cm³/mol. The lowest BCUT2D eigenvalue weighted by molar-refractivity contribution is 0.0333. The van der Waals surface area contributed by atoms with Crippen LogP contribution in [0.1, 0.15) is 0 Å². The largest absolute Gasteiger partial charge is 0.439 e. The van der Waals surface area contributed by atoms with Crippen molar-refractivity contribution in [1.29, 1.82) is 0 Å². The molecule has 2 N–H and O–H groups in total. The minimum Gasteiger partial charge on any atom is -0.328 e. The number of hydrogen-bond donors (Lipinski definition) is 2. The highest BCUT2D eigenvalue weighted by molar-refractivity contribution is 7.53. The smallest absolute Gasteiger partial charge is 0.328 e. The third-order valence-electron chi connectivity index (χ3n) is 1.22. The van der Waals surface area contributed by atoms with E-state index in [0.29, 0.717) is 5.30 Å². The lowest BCUT2D eigenvalue weighted by atomic mass is 10.4. The molecule has 3 nitrogen and oxygen atoms in total. The molecule has 0 aliphatic rings. The predicted octanol–water partition coefficient (Wildman–Crippen LogP) is 0.408. The van der Waals surface area contributed by atoms with E-state index in [-0.39, 0.29) is 0 Å². The molecule has 0 aromatic heterocycles. The van der Waals surface area contributed by atoms with Gasteiger partial charge in [-0.1, -0.05) is 22.8 Å². The van der Waals surface area contributed by atoms with E-state index >= 15 is 0 Å². The van der Waals surface area contributed by atoms with Crippen LogP contribution in [0.25, 0.3) is 0 Å². The van der Waals surface area contributed by atoms with Crippen LogP contribution in [0.4, 0.5) is 0 Å². The summed E-state index contributed by atoms with van der Waals surface area (Å²) >= 11 is 0. The van der Waals surface area contributed by atoms with Crippen molar-refractivity contribution in [3.8, 4) is 0 Å². The molecular weight excluding hydrogens is 163 g/mol. The van der Waals surface area contributed by atoms with Gasteiger partial charge in [-0.05, 0) is 12.1 Å². The van der Waals surface area contributed by atoms with Crippen molar-refractivity contribution in [3.05, 3.63) is 30.3 Å². The molecule has 1 atom stereocenters. The highest BCUT2D eigenvalue weighted by Crippen LogP contribution is 2.22. The third kappa shape index (κ3) is 2.09. The topological polar surface area (TPSA) is 57.5 Å². The highest BCUT2D eigenvalue weighted by atomic mass is 31.1. The maximum atomic E-state index is 11.0. The summed E-state index contributed by atoms with van der Waals surface area (Å²) in [7, 11) is -2.07. The van der Waals surface area contributed by atoms with Gasteiger partial charge in [0.2, 0.25) is 0 Å². The van der Waals surface area contributed by atoms with Gasteiger partial charge in [0.25, 0.3) is 0 Å². The summed E-state index contributed by atoms with van der Waals surface area (Å²) in [6.45, 7) is 0. The van der Waals surface area contributed by atoms with Crippen LogP contribution in [0.15, 0.2) is 30.3 Å². The van der Waals surface area contributed by atoms with Crippen LogP contribution in [0, 0.1) is 0 Å². The summed E-state index contributed by atoms with van der Waals surface area (Å²) in [5.41, 5.74) is 0. The highest BCUT2D eigenvalue weighted by Gasteiger charge is 2.27. The Bertz CT molecular complexity index is 245. The Hall–Kier alpha value is -0.760. The first-order chi connectivity index (χ1) is 5.22. The van der Waals surface area contributed by atoms with Crippen LogP contribution in [-0.2, 0) is 4.57 Å². The molecule has 1 unspecified atom stereocenters. The minimum atomic E-state index is -2.07. The Labute approximate surface area is 65.1 Å².